The quantitative estimate of drug-likeness (QED) is 0.0363. The van der Waals surface area contributed by atoms with Crippen molar-refractivity contribution in [1.82, 2.24) is 103 Å². The largest absolute Gasteiger partial charge is 0.508 e. The molecule has 16 N–H and O–H groups in total. The Morgan fingerprint density at radius 2 is 0.943 bits per heavy atom. The minimum absolute atomic E-state index is 0.00475. The van der Waals surface area contributed by atoms with Crippen LogP contribution >= 0.6 is 33.2 Å². The number of carbonyl (C=O) groups excluding carboxylic acids is 12. The molecule has 14 atom stereocenters. The van der Waals surface area contributed by atoms with Crippen molar-refractivity contribution in [2.24, 2.45) is 11.8 Å². The number of aliphatic hydroxyl groups is 1. The number of nitrogens with zero attached hydrogens (tertiary/aromatic N) is 9. The zero-order valence-corrected chi connectivity index (χ0v) is 86.9. The Morgan fingerprint density at radius 1 is 0.486 bits per heavy atom. The summed E-state index contributed by atoms with van der Waals surface area (Å²) in [5.74, 6) is -13.1. The molecule has 4 saturated heterocycles. The van der Waals surface area contributed by atoms with Gasteiger partial charge in [0.05, 0.1) is 17.7 Å². The molecule has 38 nitrogen and oxygen atoms in total. The lowest BCUT2D eigenvalue weighted by atomic mass is 9.99. The van der Waals surface area contributed by atoms with Crippen molar-refractivity contribution in [3.05, 3.63) is 88.4 Å². The molecule has 0 aromatic heterocycles. The monoisotopic (exact) mass is 2020 g/mol. The number of aliphatic carboxylic acids is 1. The number of benzene rings is 3. The van der Waals surface area contributed by atoms with Gasteiger partial charge in [-0.15, -0.1) is 0 Å². The molecule has 0 radical (unpaired) electrons. The standard InChI is InChI=1S/C99H161ClN20O18S2/c1-14-66(10)69(13)103-94(133)81(57-70-23-28-73(121)29-24-70)108-97(136)83-63-139-140-64-84(99(138)120-62-75(123)60-85(120)98(137)109-80(59-72-27-33-86(124)76(100)56-72)91(130)102-61-89(127)105-79(55-65(8)9)95(134)110-83)111-92(131)77(32-36-90(128)129)106-96(135)82(58-71-25-30-74(122)31-26-71)107-93(132)78(104-88(126)35-22-68(12)119-53-49-116(19-6)45-41-113(16-3)42-46-117(20-7)50-54-119)37-38-101-87(125)34-21-67(11)118-51-47-114(17-4)43-39-112(15-2)40-44-115(18-5)48-52-118/h23-31,33,56,65-69,75,77-85,121-124H,14-22,32,34-55,57-64H2,1-13H3,(H,101,125)(H,102,130)(H,103,133)(H,104,126)(H,105,127)(H,106,135)(H,107,132)(H,108,136)(H,109,137)(H,110,134)(H,111,131)(H,128,129)/t66?,67?,68?,69-,75-,77-,78+,79+,80+,81+,82+,83+,84+,85?/m1/s1. The van der Waals surface area contributed by atoms with Crippen LogP contribution in [0.5, 0.6) is 17.2 Å². The van der Waals surface area contributed by atoms with Crippen LogP contribution in [0.25, 0.3) is 0 Å². The molecule has 12 amide bonds. The number of phenols is 3. The number of nitrogens with one attached hydrogen (secondary N) is 11. The van der Waals surface area contributed by atoms with E-state index in [1.54, 1.807) is 26.0 Å². The topological polar surface area (TPSA) is 485 Å². The average molecular weight is 2020 g/mol. The molecule has 3 aromatic rings. The summed E-state index contributed by atoms with van der Waals surface area (Å²) in [6.45, 7) is 44.6. The first-order chi connectivity index (χ1) is 66.8. The van der Waals surface area contributed by atoms with Gasteiger partial charge in [0.1, 0.15) is 71.6 Å². The number of rotatable bonds is 41. The molecule has 140 heavy (non-hydrogen) atoms. The summed E-state index contributed by atoms with van der Waals surface area (Å²) in [6.07, 6.45) is -2.48. The second-order valence-corrected chi connectivity index (χ2v) is 40.8. The highest BCUT2D eigenvalue weighted by atomic mass is 35.5. The number of carbonyl (C=O) groups is 13. The van der Waals surface area contributed by atoms with Crippen LogP contribution in [0.15, 0.2) is 66.7 Å². The number of fused-ring (bicyclic) bond motifs is 1. The lowest BCUT2D eigenvalue weighted by Crippen LogP contribution is -2.60. The number of aliphatic hydroxyl groups excluding tert-OH is 1. The highest BCUT2D eigenvalue weighted by Gasteiger charge is 2.45. The van der Waals surface area contributed by atoms with Crippen molar-refractivity contribution >= 4 is 110 Å². The fourth-order valence-corrected chi connectivity index (χ4v) is 20.0. The second kappa shape index (κ2) is 61.7. The molecule has 784 valence electrons. The van der Waals surface area contributed by atoms with Gasteiger partial charge >= 0.3 is 5.97 Å². The molecule has 0 bridgehead atoms. The van der Waals surface area contributed by atoms with Crippen molar-refractivity contribution in [3.8, 4) is 17.2 Å². The number of carboxylic acid groups (broad SMARTS) is 1. The number of amides is 12. The minimum atomic E-state index is -1.87. The number of carboxylic acids is 1. The van der Waals surface area contributed by atoms with Gasteiger partial charge in [-0.3, -0.25) is 72.1 Å². The lowest BCUT2D eigenvalue weighted by molar-refractivity contribution is -0.142. The van der Waals surface area contributed by atoms with Crippen LogP contribution in [0.2, 0.25) is 5.02 Å². The highest BCUT2D eigenvalue weighted by molar-refractivity contribution is 8.76. The third-order valence-electron chi connectivity index (χ3n) is 27.4. The van der Waals surface area contributed by atoms with Gasteiger partial charge in [-0.05, 0) is 157 Å². The fourth-order valence-electron chi connectivity index (χ4n) is 17.5. The van der Waals surface area contributed by atoms with E-state index in [1.165, 1.54) is 54.6 Å². The number of aromatic hydroxyl groups is 3. The molecule has 4 aliphatic rings. The van der Waals surface area contributed by atoms with Gasteiger partial charge in [-0.1, -0.05) is 139 Å². The maximum absolute atomic E-state index is 15.8. The Kier molecular flexibility index (Phi) is 51.9. The molecule has 0 saturated carbocycles. The van der Waals surface area contributed by atoms with E-state index >= 15 is 28.8 Å². The SMILES string of the molecule is CCC(C)[C@@H](C)NC(=O)[C@H](Cc1ccc(O)cc1)NC(=O)[C@@H]1CSSC[C@H](NC(=O)[C@@H](CCC(=O)O)NC(=O)[C@H](Cc2ccc(O)cc2)NC(=O)[C@H](CCNC(=O)CCC(C)N2CCN(CC)CCN(CC)CCN(CC)CC2)NC(=O)CCC(C)N2CCN(CC)CCN(CC)CCN(CC)CC2)C(=O)N2C[C@H](O)CC2C(=O)N[C@@H](Cc2ccc(O)c(Cl)c2)C(=O)NCC(=O)N[C@@H](CC(C)C)C(=O)N1. The molecule has 4 unspecified atom stereocenters. The number of phenolic OH excluding ortho intramolecular Hbond substituents is 3. The Balaban J connectivity index is 1.24. The maximum atomic E-state index is 15.8. The van der Waals surface area contributed by atoms with Crippen LogP contribution in [0.4, 0.5) is 0 Å². The van der Waals surface area contributed by atoms with Gasteiger partial charge in [0.2, 0.25) is 70.9 Å². The molecule has 4 fully saturated rings. The molecule has 0 aliphatic carbocycles. The van der Waals surface area contributed by atoms with Crippen LogP contribution in [-0.4, -0.2) is 400 Å². The van der Waals surface area contributed by atoms with Gasteiger partial charge in [0.25, 0.3) is 0 Å². The van der Waals surface area contributed by atoms with E-state index in [-0.39, 0.29) is 115 Å². The summed E-state index contributed by atoms with van der Waals surface area (Å²) >= 11 is 6.34. The highest BCUT2D eigenvalue weighted by Crippen LogP contribution is 2.29. The van der Waals surface area contributed by atoms with E-state index in [0.717, 1.165) is 170 Å². The first-order valence-corrected chi connectivity index (χ1v) is 53.3. The Morgan fingerprint density at radius 3 is 1.43 bits per heavy atom. The summed E-state index contributed by atoms with van der Waals surface area (Å²) < 4.78 is 0. The van der Waals surface area contributed by atoms with Gasteiger partial charge in [0, 0.05) is 192 Å². The van der Waals surface area contributed by atoms with Crippen LogP contribution in [0.1, 0.15) is 171 Å². The maximum Gasteiger partial charge on any atom is 0.303 e. The van der Waals surface area contributed by atoms with Crippen molar-refractivity contribution in [1.29, 1.82) is 0 Å². The predicted octanol–water partition coefficient (Wildman–Crippen LogP) is 2.70. The van der Waals surface area contributed by atoms with Crippen molar-refractivity contribution in [2.45, 2.75) is 252 Å². The van der Waals surface area contributed by atoms with Crippen LogP contribution in [-0.2, 0) is 81.6 Å². The van der Waals surface area contributed by atoms with Crippen LogP contribution < -0.4 is 58.5 Å². The molecular formula is C99H161ClN20O18S2. The third kappa shape index (κ3) is 40.9. The predicted molar refractivity (Wildman–Crippen MR) is 544 cm³/mol. The number of hydrogen-bond acceptors (Lipinski definition) is 27. The van der Waals surface area contributed by atoms with Gasteiger partial charge in [-0.2, -0.15) is 0 Å². The number of hydrogen-bond donors (Lipinski definition) is 16. The van der Waals surface area contributed by atoms with E-state index in [0.29, 0.717) is 36.0 Å². The van der Waals surface area contributed by atoms with E-state index < -0.39 is 170 Å². The van der Waals surface area contributed by atoms with Crippen molar-refractivity contribution in [2.75, 3.05) is 175 Å². The van der Waals surface area contributed by atoms with Gasteiger partial charge in [-0.25, -0.2) is 0 Å². The summed E-state index contributed by atoms with van der Waals surface area (Å²) in [7, 11) is 1.77. The zero-order valence-electron chi connectivity index (χ0n) is 84.6. The first kappa shape index (κ1) is 118. The van der Waals surface area contributed by atoms with E-state index in [9.17, 15) is 59.1 Å². The molecule has 41 heteroatoms. The third-order valence-corrected chi connectivity index (χ3v) is 30.1. The molecule has 4 heterocycles. The summed E-state index contributed by atoms with van der Waals surface area (Å²) in [5, 5.41) is 83.4. The van der Waals surface area contributed by atoms with E-state index in [1.807, 2.05) is 20.8 Å². The van der Waals surface area contributed by atoms with Gasteiger partial charge < -0.3 is 118 Å². The molecule has 3 aromatic carbocycles. The second-order valence-electron chi connectivity index (χ2n) is 37.9. The Hall–Kier alpha value is -9.20. The normalized spacial score (nSPS) is 22.1. The van der Waals surface area contributed by atoms with Gasteiger partial charge in [0.15, 0.2) is 0 Å². The van der Waals surface area contributed by atoms with Crippen LogP contribution in [0, 0.1) is 11.8 Å². The summed E-state index contributed by atoms with van der Waals surface area (Å²) in [6, 6.07) is 1.09. The number of likely N-dealkylation sites (N-methyl/N-ethyl adjacent to an activating group) is 6. The zero-order chi connectivity index (χ0) is 103. The minimum Gasteiger partial charge on any atom is -0.508 e. The van der Waals surface area contributed by atoms with Crippen LogP contribution in [0.3, 0.4) is 0 Å². The Labute approximate surface area is 840 Å². The van der Waals surface area contributed by atoms with E-state index in [2.05, 4.69) is 153 Å². The van der Waals surface area contributed by atoms with Crippen molar-refractivity contribution in [3.63, 3.8) is 0 Å². The molecule has 0 spiro atoms. The Bertz CT molecular complexity index is 4380. The first-order valence-electron chi connectivity index (χ1n) is 50.4. The molecule has 4 aliphatic heterocycles. The smallest absolute Gasteiger partial charge is 0.303 e. The summed E-state index contributed by atoms with van der Waals surface area (Å²) in [4.78, 5) is 213. The molecular weight excluding hydrogens is 1860 g/mol. The fraction of sp³-hybridized carbons (Fsp3) is 0.687. The van der Waals surface area contributed by atoms with E-state index in [4.69, 9.17) is 11.6 Å². The lowest BCUT2D eigenvalue weighted by Gasteiger charge is -2.36. The summed E-state index contributed by atoms with van der Waals surface area (Å²) in [5.41, 5.74) is 1.21. The van der Waals surface area contributed by atoms with Crippen molar-refractivity contribution < 1.29 is 87.9 Å². The average Bonchev–Trinajstić information content (AvgIpc) is 1.64. The molecule has 7 rings (SSSR count). The number of halogens is 1.